The van der Waals surface area contributed by atoms with E-state index in [4.69, 9.17) is 0 Å². The second-order valence-corrected chi connectivity index (χ2v) is 6.76. The van der Waals surface area contributed by atoms with Crippen LogP contribution < -0.4 is 10.6 Å². The molecule has 0 spiro atoms. The van der Waals surface area contributed by atoms with E-state index >= 15 is 0 Å². The summed E-state index contributed by atoms with van der Waals surface area (Å²) in [5.41, 5.74) is 1.36. The van der Waals surface area contributed by atoms with Crippen molar-refractivity contribution in [3.8, 4) is 0 Å². The average Bonchev–Trinajstić information content (AvgIpc) is 3.27. The van der Waals surface area contributed by atoms with Crippen molar-refractivity contribution in [3.63, 3.8) is 0 Å². The van der Waals surface area contributed by atoms with E-state index in [1.54, 1.807) is 6.07 Å². The molecule has 0 bridgehead atoms. The summed E-state index contributed by atoms with van der Waals surface area (Å²) in [7, 11) is 0. The predicted octanol–water partition coefficient (Wildman–Crippen LogP) is 2.16. The van der Waals surface area contributed by atoms with Crippen molar-refractivity contribution in [1.29, 1.82) is 0 Å². The maximum atomic E-state index is 12.6. The Kier molecular flexibility index (Phi) is 4.26. The molecule has 1 aliphatic carbocycles. The number of benzene rings is 1. The molecule has 2 fully saturated rings. The van der Waals surface area contributed by atoms with Gasteiger partial charge in [0.1, 0.15) is 5.82 Å². The summed E-state index contributed by atoms with van der Waals surface area (Å²) in [6, 6.07) is 9.64. The second-order valence-electron chi connectivity index (χ2n) is 6.76. The first-order valence-electron chi connectivity index (χ1n) is 8.93. The number of para-hydroxylation sites is 1. The van der Waals surface area contributed by atoms with Gasteiger partial charge in [-0.3, -0.25) is 9.59 Å². The van der Waals surface area contributed by atoms with E-state index in [2.05, 4.69) is 15.6 Å². The number of nitrogens with zero attached hydrogens (tertiary/aromatic N) is 2. The molecule has 1 aromatic heterocycles. The van der Waals surface area contributed by atoms with Crippen LogP contribution in [0.1, 0.15) is 36.0 Å². The molecule has 0 radical (unpaired) electrons. The highest BCUT2D eigenvalue weighted by molar-refractivity contribution is 6.07. The molecule has 2 aromatic rings. The molecule has 2 amide bonds. The summed E-state index contributed by atoms with van der Waals surface area (Å²) >= 11 is 0. The number of carbonyl (C=O) groups excluding carboxylic acids is 2. The number of pyridine rings is 1. The highest BCUT2D eigenvalue weighted by atomic mass is 16.2. The molecular weight excluding hydrogens is 316 g/mol. The Balaban J connectivity index is 1.55. The lowest BCUT2D eigenvalue weighted by Crippen LogP contribution is -2.33. The Bertz CT molecular complexity index is 810. The molecule has 1 aliphatic heterocycles. The predicted molar refractivity (Wildman–Crippen MR) is 96.5 cm³/mol. The molecule has 1 saturated carbocycles. The van der Waals surface area contributed by atoms with Crippen molar-refractivity contribution in [2.24, 2.45) is 0 Å². The molecule has 2 N–H and O–H groups in total. The molecule has 6 nitrogen and oxygen atoms in total. The zero-order chi connectivity index (χ0) is 17.2. The highest BCUT2D eigenvalue weighted by Crippen LogP contribution is 2.24. The monoisotopic (exact) mass is 338 g/mol. The Morgan fingerprint density at radius 2 is 1.92 bits per heavy atom. The molecule has 130 valence electrons. The van der Waals surface area contributed by atoms with Gasteiger partial charge in [0.2, 0.25) is 5.91 Å². The van der Waals surface area contributed by atoms with Crippen LogP contribution in [0.2, 0.25) is 0 Å². The Hall–Kier alpha value is -2.63. The standard InChI is InChI=1S/C19H22N4O2/c24-18(23-9-3-4-10-23)12-20-17-11-15(19(25)21-13-7-8-13)14-5-1-2-6-16(14)22-17/h1-2,5-6,11,13H,3-4,7-10,12H2,(H,20,22)(H,21,25). The third-order valence-electron chi connectivity index (χ3n) is 4.75. The maximum absolute atomic E-state index is 12.6. The summed E-state index contributed by atoms with van der Waals surface area (Å²) in [6.45, 7) is 1.87. The van der Waals surface area contributed by atoms with Gasteiger partial charge in [-0.25, -0.2) is 4.98 Å². The largest absolute Gasteiger partial charge is 0.361 e. The molecule has 1 saturated heterocycles. The van der Waals surface area contributed by atoms with Gasteiger partial charge in [0.25, 0.3) is 5.91 Å². The molecule has 6 heteroatoms. The van der Waals surface area contributed by atoms with Crippen molar-refractivity contribution in [3.05, 3.63) is 35.9 Å². The normalized spacial score (nSPS) is 16.9. The van der Waals surface area contributed by atoms with Gasteiger partial charge >= 0.3 is 0 Å². The fraction of sp³-hybridized carbons (Fsp3) is 0.421. The molecule has 1 aromatic carbocycles. The molecular formula is C19H22N4O2. The number of nitrogens with one attached hydrogen (secondary N) is 2. The Morgan fingerprint density at radius 1 is 1.16 bits per heavy atom. The van der Waals surface area contributed by atoms with E-state index < -0.39 is 0 Å². The van der Waals surface area contributed by atoms with E-state index in [0.717, 1.165) is 49.7 Å². The minimum atomic E-state index is -0.0741. The molecule has 2 aliphatic rings. The van der Waals surface area contributed by atoms with Crippen molar-refractivity contribution in [2.75, 3.05) is 25.0 Å². The first-order valence-corrected chi connectivity index (χ1v) is 8.93. The van der Waals surface area contributed by atoms with Gasteiger partial charge < -0.3 is 15.5 Å². The van der Waals surface area contributed by atoms with Gasteiger partial charge in [-0.2, -0.15) is 0 Å². The van der Waals surface area contributed by atoms with Crippen LogP contribution in [0.3, 0.4) is 0 Å². The van der Waals surface area contributed by atoms with Crippen molar-refractivity contribution >= 4 is 28.5 Å². The molecule has 4 rings (SSSR count). The minimum Gasteiger partial charge on any atom is -0.361 e. The van der Waals surface area contributed by atoms with Crippen LogP contribution in [0.4, 0.5) is 5.82 Å². The number of carbonyl (C=O) groups is 2. The molecule has 0 unspecified atom stereocenters. The number of amides is 2. The summed E-state index contributed by atoms with van der Waals surface area (Å²) in [4.78, 5) is 31.2. The van der Waals surface area contributed by atoms with Crippen molar-refractivity contribution in [1.82, 2.24) is 15.2 Å². The van der Waals surface area contributed by atoms with E-state index in [-0.39, 0.29) is 18.4 Å². The van der Waals surface area contributed by atoms with Crippen LogP contribution in [0.5, 0.6) is 0 Å². The van der Waals surface area contributed by atoms with E-state index in [1.807, 2.05) is 29.2 Å². The van der Waals surface area contributed by atoms with Gasteiger partial charge in [-0.05, 0) is 37.8 Å². The smallest absolute Gasteiger partial charge is 0.252 e. The second kappa shape index (κ2) is 6.70. The number of aromatic nitrogens is 1. The van der Waals surface area contributed by atoms with Crippen LogP contribution >= 0.6 is 0 Å². The quantitative estimate of drug-likeness (QED) is 0.876. The first kappa shape index (κ1) is 15.9. The van der Waals surface area contributed by atoms with Gasteiger partial charge in [0.15, 0.2) is 0 Å². The zero-order valence-corrected chi connectivity index (χ0v) is 14.1. The number of hydrogen-bond acceptors (Lipinski definition) is 4. The molecule has 2 heterocycles. The lowest BCUT2D eigenvalue weighted by atomic mass is 10.1. The fourth-order valence-electron chi connectivity index (χ4n) is 3.19. The number of rotatable bonds is 5. The maximum Gasteiger partial charge on any atom is 0.252 e. The first-order chi connectivity index (χ1) is 12.2. The lowest BCUT2D eigenvalue weighted by Gasteiger charge is -2.16. The number of fused-ring (bicyclic) bond motifs is 1. The third kappa shape index (κ3) is 3.57. The van der Waals surface area contributed by atoms with Crippen molar-refractivity contribution in [2.45, 2.75) is 31.7 Å². The van der Waals surface area contributed by atoms with Crippen LogP contribution in [0.15, 0.2) is 30.3 Å². The zero-order valence-electron chi connectivity index (χ0n) is 14.1. The SMILES string of the molecule is O=C(NC1CC1)c1cc(NCC(=O)N2CCCC2)nc2ccccc12. The van der Waals surface area contributed by atoms with Crippen LogP contribution in [-0.4, -0.2) is 47.4 Å². The number of hydrogen-bond donors (Lipinski definition) is 2. The van der Waals surface area contributed by atoms with Crippen LogP contribution in [0.25, 0.3) is 10.9 Å². The van der Waals surface area contributed by atoms with Gasteiger partial charge in [-0.1, -0.05) is 18.2 Å². The summed E-state index contributed by atoms with van der Waals surface area (Å²) in [5, 5.41) is 6.96. The molecule has 0 atom stereocenters. The average molecular weight is 338 g/mol. The van der Waals surface area contributed by atoms with Crippen LogP contribution in [-0.2, 0) is 4.79 Å². The summed E-state index contributed by atoms with van der Waals surface area (Å²) in [5.74, 6) is 0.568. The highest BCUT2D eigenvalue weighted by Gasteiger charge is 2.25. The minimum absolute atomic E-state index is 0.0741. The number of anilines is 1. The Labute approximate surface area is 146 Å². The van der Waals surface area contributed by atoms with Gasteiger partial charge in [0.05, 0.1) is 17.6 Å². The Morgan fingerprint density at radius 3 is 2.68 bits per heavy atom. The van der Waals surface area contributed by atoms with E-state index in [1.165, 1.54) is 0 Å². The summed E-state index contributed by atoms with van der Waals surface area (Å²) < 4.78 is 0. The fourth-order valence-corrected chi connectivity index (χ4v) is 3.19. The van der Waals surface area contributed by atoms with Crippen molar-refractivity contribution < 1.29 is 9.59 Å². The number of likely N-dealkylation sites (tertiary alicyclic amines) is 1. The topological polar surface area (TPSA) is 74.3 Å². The van der Waals surface area contributed by atoms with E-state index in [0.29, 0.717) is 17.4 Å². The lowest BCUT2D eigenvalue weighted by molar-refractivity contribution is -0.128. The van der Waals surface area contributed by atoms with Gasteiger partial charge in [-0.15, -0.1) is 0 Å². The van der Waals surface area contributed by atoms with Crippen LogP contribution in [0, 0.1) is 0 Å². The van der Waals surface area contributed by atoms with Gasteiger partial charge in [0, 0.05) is 24.5 Å². The molecule has 25 heavy (non-hydrogen) atoms. The third-order valence-corrected chi connectivity index (χ3v) is 4.75. The van der Waals surface area contributed by atoms with E-state index in [9.17, 15) is 9.59 Å². The summed E-state index contributed by atoms with van der Waals surface area (Å²) in [6.07, 6.45) is 4.24.